The molecule has 3 heteroatoms. The molecule has 0 N–H and O–H groups in total. The van der Waals surface area contributed by atoms with Crippen LogP contribution < -0.4 is 0 Å². The summed E-state index contributed by atoms with van der Waals surface area (Å²) < 4.78 is 0. The van der Waals surface area contributed by atoms with E-state index in [1.807, 2.05) is 0 Å². The summed E-state index contributed by atoms with van der Waals surface area (Å²) in [6.07, 6.45) is 5.82. The average Bonchev–Trinajstić information content (AvgIpc) is 1.99. The molecular formula is C12H22SSi2. The molecule has 0 aliphatic heterocycles. The zero-order chi connectivity index (χ0) is 11.9. The fourth-order valence-corrected chi connectivity index (χ4v) is 7.14. The van der Waals surface area contributed by atoms with Crippen molar-refractivity contribution in [3.63, 3.8) is 0 Å². The van der Waals surface area contributed by atoms with Crippen molar-refractivity contribution in [2.75, 3.05) is 0 Å². The zero-order valence-corrected chi connectivity index (χ0v) is 13.6. The molecule has 0 aromatic carbocycles. The SMILES string of the molecule is C[Si](C)(C)C1=CCC=C([Si](C)(C)C)C1=S. The molecule has 0 spiro atoms. The summed E-state index contributed by atoms with van der Waals surface area (Å²) in [5.74, 6) is 0. The Labute approximate surface area is 101 Å². The van der Waals surface area contributed by atoms with E-state index in [0.29, 0.717) is 0 Å². The molecule has 15 heavy (non-hydrogen) atoms. The van der Waals surface area contributed by atoms with Crippen molar-refractivity contribution in [1.29, 1.82) is 0 Å². The smallest absolute Gasteiger partial charge is 0.0790 e. The van der Waals surface area contributed by atoms with Gasteiger partial charge in [0.05, 0.1) is 16.1 Å². The second kappa shape index (κ2) is 4.11. The van der Waals surface area contributed by atoms with Crippen LogP contribution in [0, 0.1) is 0 Å². The second-order valence-electron chi connectivity index (χ2n) is 6.30. The minimum Gasteiger partial charge on any atom is -0.0804 e. The van der Waals surface area contributed by atoms with Gasteiger partial charge in [0.2, 0.25) is 0 Å². The monoisotopic (exact) mass is 254 g/mol. The third-order valence-electron chi connectivity index (χ3n) is 2.75. The van der Waals surface area contributed by atoms with E-state index in [1.165, 1.54) is 15.3 Å². The fraction of sp³-hybridized carbons (Fsp3) is 0.583. The summed E-state index contributed by atoms with van der Waals surface area (Å²) in [5.41, 5.74) is 0. The first-order chi connectivity index (χ1) is 6.64. The number of rotatable bonds is 2. The predicted octanol–water partition coefficient (Wildman–Crippen LogP) is 4.37. The highest BCUT2D eigenvalue weighted by Crippen LogP contribution is 2.29. The van der Waals surface area contributed by atoms with Gasteiger partial charge in [-0.15, -0.1) is 0 Å². The van der Waals surface area contributed by atoms with E-state index >= 15 is 0 Å². The molecule has 0 bridgehead atoms. The van der Waals surface area contributed by atoms with Crippen molar-refractivity contribution < 1.29 is 0 Å². The van der Waals surface area contributed by atoms with Gasteiger partial charge in [0.25, 0.3) is 0 Å². The maximum Gasteiger partial charge on any atom is 0.0790 e. The van der Waals surface area contributed by atoms with Gasteiger partial charge in [0, 0.05) is 4.86 Å². The molecule has 1 rings (SSSR count). The van der Waals surface area contributed by atoms with Crippen LogP contribution in [0.4, 0.5) is 0 Å². The highest BCUT2D eigenvalue weighted by molar-refractivity contribution is 7.82. The van der Waals surface area contributed by atoms with E-state index in [2.05, 4.69) is 51.4 Å². The van der Waals surface area contributed by atoms with Gasteiger partial charge in [-0.2, -0.15) is 0 Å². The lowest BCUT2D eigenvalue weighted by atomic mass is 10.2. The van der Waals surface area contributed by atoms with Crippen molar-refractivity contribution >= 4 is 33.2 Å². The van der Waals surface area contributed by atoms with Gasteiger partial charge >= 0.3 is 0 Å². The van der Waals surface area contributed by atoms with Crippen LogP contribution in [0.1, 0.15) is 6.42 Å². The molecule has 0 saturated carbocycles. The maximum absolute atomic E-state index is 5.68. The molecule has 0 fully saturated rings. The van der Waals surface area contributed by atoms with Gasteiger partial charge in [0.15, 0.2) is 0 Å². The standard InChI is InChI=1S/C12H22SSi2/c1-14(2,3)10-8-7-9-11(12(10)13)15(4,5)6/h8-9H,7H2,1-6H3. The quantitative estimate of drug-likeness (QED) is 0.521. The lowest BCUT2D eigenvalue weighted by Gasteiger charge is -2.31. The van der Waals surface area contributed by atoms with Crippen LogP contribution in [0.2, 0.25) is 39.3 Å². The highest BCUT2D eigenvalue weighted by Gasteiger charge is 2.31. The number of hydrogen-bond acceptors (Lipinski definition) is 1. The molecule has 0 radical (unpaired) electrons. The Kier molecular flexibility index (Phi) is 3.58. The van der Waals surface area contributed by atoms with Gasteiger partial charge in [0.1, 0.15) is 0 Å². The average molecular weight is 255 g/mol. The molecule has 0 nitrogen and oxygen atoms in total. The Morgan fingerprint density at radius 1 is 0.867 bits per heavy atom. The van der Waals surface area contributed by atoms with Crippen molar-refractivity contribution in [2.45, 2.75) is 45.7 Å². The van der Waals surface area contributed by atoms with Crippen molar-refractivity contribution in [3.8, 4) is 0 Å². The third kappa shape index (κ3) is 2.98. The molecule has 0 unspecified atom stereocenters. The molecule has 0 heterocycles. The lowest BCUT2D eigenvalue weighted by Crippen LogP contribution is -2.37. The summed E-state index contributed by atoms with van der Waals surface area (Å²) in [6.45, 7) is 14.3. The van der Waals surface area contributed by atoms with Crippen molar-refractivity contribution in [3.05, 3.63) is 22.5 Å². The fourth-order valence-electron chi connectivity index (χ4n) is 1.92. The van der Waals surface area contributed by atoms with Gasteiger partial charge in [-0.1, -0.05) is 63.7 Å². The molecule has 0 atom stereocenters. The molecule has 0 aromatic rings. The summed E-state index contributed by atoms with van der Waals surface area (Å²) in [6, 6.07) is 0. The van der Waals surface area contributed by atoms with Crippen LogP contribution in [0.5, 0.6) is 0 Å². The van der Waals surface area contributed by atoms with Crippen LogP contribution in [-0.4, -0.2) is 21.0 Å². The molecule has 0 aromatic heterocycles. The summed E-state index contributed by atoms with van der Waals surface area (Å²) in [5, 5.41) is 3.02. The number of thiocarbonyl (C=S) groups is 1. The predicted molar refractivity (Wildman–Crippen MR) is 80.1 cm³/mol. The number of hydrogen-bond donors (Lipinski definition) is 0. The van der Waals surface area contributed by atoms with Gasteiger partial charge in [-0.3, -0.25) is 0 Å². The molecule has 0 saturated heterocycles. The largest absolute Gasteiger partial charge is 0.0804 e. The Bertz CT molecular complexity index is 306. The first-order valence-electron chi connectivity index (χ1n) is 5.60. The highest BCUT2D eigenvalue weighted by atomic mass is 32.1. The van der Waals surface area contributed by atoms with Gasteiger partial charge < -0.3 is 0 Å². The van der Waals surface area contributed by atoms with Crippen molar-refractivity contribution in [2.24, 2.45) is 0 Å². The van der Waals surface area contributed by atoms with Crippen LogP contribution in [0.15, 0.2) is 22.5 Å². The maximum atomic E-state index is 5.68. The minimum atomic E-state index is -1.24. The third-order valence-corrected chi connectivity index (χ3v) is 7.69. The van der Waals surface area contributed by atoms with Crippen molar-refractivity contribution in [1.82, 2.24) is 0 Å². The summed E-state index contributed by atoms with van der Waals surface area (Å²) in [7, 11) is -2.48. The Morgan fingerprint density at radius 2 is 1.20 bits per heavy atom. The second-order valence-corrected chi connectivity index (χ2v) is 16.8. The van der Waals surface area contributed by atoms with E-state index in [9.17, 15) is 0 Å². The molecule has 1 aliphatic rings. The summed E-state index contributed by atoms with van der Waals surface area (Å²) in [4.78, 5) is 1.19. The Balaban J connectivity index is 3.05. The van der Waals surface area contributed by atoms with Gasteiger partial charge in [-0.25, -0.2) is 0 Å². The molecular weight excluding hydrogens is 232 g/mol. The Morgan fingerprint density at radius 3 is 1.47 bits per heavy atom. The van der Waals surface area contributed by atoms with E-state index < -0.39 is 16.1 Å². The van der Waals surface area contributed by atoms with Crippen LogP contribution in [0.25, 0.3) is 0 Å². The first kappa shape index (κ1) is 13.1. The normalized spacial score (nSPS) is 18.7. The van der Waals surface area contributed by atoms with Crippen LogP contribution >= 0.6 is 12.2 Å². The van der Waals surface area contributed by atoms with Crippen LogP contribution in [-0.2, 0) is 0 Å². The molecule has 1 aliphatic carbocycles. The number of allylic oxidation sites excluding steroid dienone is 4. The van der Waals surface area contributed by atoms with E-state index in [1.54, 1.807) is 0 Å². The van der Waals surface area contributed by atoms with E-state index in [0.717, 1.165) is 6.42 Å². The lowest BCUT2D eigenvalue weighted by molar-refractivity contribution is 1.35. The zero-order valence-electron chi connectivity index (χ0n) is 10.8. The molecule has 0 amide bonds. The summed E-state index contributed by atoms with van der Waals surface area (Å²) >= 11 is 5.68. The minimum absolute atomic E-state index is 1.10. The topological polar surface area (TPSA) is 0 Å². The van der Waals surface area contributed by atoms with E-state index in [4.69, 9.17) is 12.2 Å². The van der Waals surface area contributed by atoms with E-state index in [-0.39, 0.29) is 0 Å². The Hall–Kier alpha value is 0.00377. The van der Waals surface area contributed by atoms with Crippen LogP contribution in [0.3, 0.4) is 0 Å². The molecule has 84 valence electrons. The first-order valence-corrected chi connectivity index (χ1v) is 13.0. The van der Waals surface area contributed by atoms with Gasteiger partial charge in [-0.05, 0) is 16.8 Å².